The number of hydrogen-bond donors (Lipinski definition) is 2. The number of ether oxygens (including phenoxy) is 1. The molecule has 0 bridgehead atoms. The van der Waals surface area contributed by atoms with Gasteiger partial charge in [-0.15, -0.1) is 24.0 Å². The van der Waals surface area contributed by atoms with Crippen LogP contribution in [0.25, 0.3) is 11.4 Å². The number of methoxy groups -OCH3 is 1. The molecule has 0 spiro atoms. The number of piperazine rings is 1. The Morgan fingerprint density at radius 2 is 1.90 bits per heavy atom. The molecule has 1 aliphatic rings. The molecule has 2 N–H and O–H groups in total. The highest BCUT2D eigenvalue weighted by molar-refractivity contribution is 14.0. The Kier molecular flexibility index (Phi) is 8.10. The van der Waals surface area contributed by atoms with Crippen LogP contribution in [0.15, 0.2) is 59.9 Å². The lowest BCUT2D eigenvalue weighted by molar-refractivity contribution is 0.372. The van der Waals surface area contributed by atoms with Gasteiger partial charge in [-0.25, -0.2) is 4.98 Å². The molecule has 0 unspecified atom stereocenters. The van der Waals surface area contributed by atoms with Crippen molar-refractivity contribution in [2.75, 3.05) is 45.2 Å². The van der Waals surface area contributed by atoms with E-state index in [9.17, 15) is 0 Å². The first-order chi connectivity index (χ1) is 14.8. The Bertz CT molecular complexity index is 968. The lowest BCUT2D eigenvalue weighted by Gasteiger charge is -2.37. The molecular weight excluding hydrogens is 505 g/mol. The van der Waals surface area contributed by atoms with Crippen LogP contribution in [0.4, 0.5) is 5.69 Å². The van der Waals surface area contributed by atoms with Crippen molar-refractivity contribution in [1.29, 1.82) is 0 Å². The molecule has 31 heavy (non-hydrogen) atoms. The number of halogens is 1. The monoisotopic (exact) mass is 533 g/mol. The number of rotatable bonds is 5. The zero-order valence-corrected chi connectivity index (χ0v) is 20.1. The number of guanidine groups is 1. The van der Waals surface area contributed by atoms with Gasteiger partial charge in [0.25, 0.3) is 0 Å². The van der Waals surface area contributed by atoms with Crippen LogP contribution in [0, 0.1) is 0 Å². The van der Waals surface area contributed by atoms with Gasteiger partial charge in [-0.3, -0.25) is 10.1 Å². The minimum Gasteiger partial charge on any atom is -0.497 e. The van der Waals surface area contributed by atoms with E-state index in [-0.39, 0.29) is 24.0 Å². The third-order valence-corrected chi connectivity index (χ3v) is 5.29. The molecule has 0 saturated carbocycles. The van der Waals surface area contributed by atoms with E-state index in [2.05, 4.69) is 59.6 Å². The predicted octanol–water partition coefficient (Wildman–Crippen LogP) is 3.00. The van der Waals surface area contributed by atoms with Crippen LogP contribution in [-0.4, -0.2) is 66.4 Å². The van der Waals surface area contributed by atoms with Crippen molar-refractivity contribution in [3.05, 3.63) is 60.4 Å². The second kappa shape index (κ2) is 11.0. The highest BCUT2D eigenvalue weighted by Crippen LogP contribution is 2.20. The molecular formula is C22H28IN7O. The van der Waals surface area contributed by atoms with Gasteiger partial charge in [-0.05, 0) is 35.9 Å². The van der Waals surface area contributed by atoms with Crippen molar-refractivity contribution in [3.63, 3.8) is 0 Å². The number of anilines is 1. The largest absolute Gasteiger partial charge is 0.497 e. The van der Waals surface area contributed by atoms with Crippen molar-refractivity contribution < 1.29 is 4.74 Å². The molecule has 0 atom stereocenters. The standard InChI is InChI=1S/C22H27N7O.HI/c1-23-22(24-15-17-4-3-5-18(14-17)21-25-16-26-27-21)29-12-10-28(11-13-29)19-6-8-20(30-2)9-7-19;/h3-9,14,16H,10-13,15H2,1-2H3,(H,23,24)(H,25,26,27);1H. The number of aromatic nitrogens is 3. The van der Waals surface area contributed by atoms with Crippen molar-refractivity contribution in [2.45, 2.75) is 6.54 Å². The number of benzene rings is 2. The molecule has 0 radical (unpaired) electrons. The summed E-state index contributed by atoms with van der Waals surface area (Å²) >= 11 is 0. The molecule has 0 amide bonds. The first-order valence-corrected chi connectivity index (χ1v) is 10.1. The quantitative estimate of drug-likeness (QED) is 0.298. The van der Waals surface area contributed by atoms with Gasteiger partial charge in [0.1, 0.15) is 12.1 Å². The van der Waals surface area contributed by atoms with Gasteiger partial charge in [-0.1, -0.05) is 18.2 Å². The number of aliphatic imine (C=N–C) groups is 1. The molecule has 9 heteroatoms. The highest BCUT2D eigenvalue weighted by Gasteiger charge is 2.20. The van der Waals surface area contributed by atoms with Crippen LogP contribution in [0.1, 0.15) is 5.56 Å². The van der Waals surface area contributed by atoms with Crippen molar-refractivity contribution in [2.24, 2.45) is 4.99 Å². The maximum atomic E-state index is 5.25. The van der Waals surface area contributed by atoms with Crippen LogP contribution in [0.3, 0.4) is 0 Å². The number of H-pyrrole nitrogens is 1. The molecule has 1 aromatic heterocycles. The summed E-state index contributed by atoms with van der Waals surface area (Å²) in [6, 6.07) is 16.5. The first kappa shape index (κ1) is 22.9. The van der Waals surface area contributed by atoms with Gasteiger partial charge in [0.2, 0.25) is 0 Å². The fourth-order valence-corrected chi connectivity index (χ4v) is 3.66. The van der Waals surface area contributed by atoms with Crippen LogP contribution >= 0.6 is 24.0 Å². The maximum Gasteiger partial charge on any atom is 0.194 e. The normalized spacial score (nSPS) is 14.2. The van der Waals surface area contributed by atoms with E-state index in [4.69, 9.17) is 4.74 Å². The average molecular weight is 533 g/mol. The first-order valence-electron chi connectivity index (χ1n) is 10.1. The molecule has 1 saturated heterocycles. The predicted molar refractivity (Wildman–Crippen MR) is 134 cm³/mol. The van der Waals surface area contributed by atoms with Gasteiger partial charge >= 0.3 is 0 Å². The average Bonchev–Trinajstić information content (AvgIpc) is 3.35. The molecule has 0 aliphatic carbocycles. The minimum absolute atomic E-state index is 0. The van der Waals surface area contributed by atoms with Gasteiger partial charge in [-0.2, -0.15) is 5.10 Å². The SMILES string of the molecule is CN=C(NCc1cccc(-c2ncn[nH]2)c1)N1CCN(c2ccc(OC)cc2)CC1.I. The van der Waals surface area contributed by atoms with Crippen molar-refractivity contribution in [3.8, 4) is 17.1 Å². The third-order valence-electron chi connectivity index (χ3n) is 5.29. The number of hydrogen-bond acceptors (Lipinski definition) is 5. The zero-order valence-electron chi connectivity index (χ0n) is 17.8. The number of nitrogens with zero attached hydrogens (tertiary/aromatic N) is 5. The summed E-state index contributed by atoms with van der Waals surface area (Å²) in [6.45, 7) is 4.45. The summed E-state index contributed by atoms with van der Waals surface area (Å²) in [5, 5.41) is 10.3. The number of aromatic amines is 1. The Hall–Kier alpha value is -2.82. The summed E-state index contributed by atoms with van der Waals surface area (Å²) in [6.07, 6.45) is 1.52. The second-order valence-electron chi connectivity index (χ2n) is 7.11. The molecule has 3 aromatic rings. The number of nitrogens with one attached hydrogen (secondary N) is 2. The smallest absolute Gasteiger partial charge is 0.194 e. The Balaban J connectivity index is 0.00000272. The highest BCUT2D eigenvalue weighted by atomic mass is 127. The van der Waals surface area contributed by atoms with Crippen LogP contribution in [0.2, 0.25) is 0 Å². The van der Waals surface area contributed by atoms with Gasteiger partial charge in [0.15, 0.2) is 11.8 Å². The van der Waals surface area contributed by atoms with E-state index in [0.29, 0.717) is 6.54 Å². The lowest BCUT2D eigenvalue weighted by Crippen LogP contribution is -2.52. The molecule has 1 aliphatic heterocycles. The Labute approximate surface area is 199 Å². The summed E-state index contributed by atoms with van der Waals surface area (Å²) < 4.78 is 5.25. The van der Waals surface area contributed by atoms with E-state index >= 15 is 0 Å². The summed E-state index contributed by atoms with van der Waals surface area (Å²) in [4.78, 5) is 13.4. The molecule has 164 valence electrons. The molecule has 1 fully saturated rings. The van der Waals surface area contributed by atoms with E-state index in [1.165, 1.54) is 17.6 Å². The second-order valence-corrected chi connectivity index (χ2v) is 7.11. The van der Waals surface area contributed by atoms with E-state index < -0.39 is 0 Å². The zero-order chi connectivity index (χ0) is 20.8. The molecule has 4 rings (SSSR count). The summed E-state index contributed by atoms with van der Waals surface area (Å²) in [5.41, 5.74) is 3.42. The minimum atomic E-state index is 0. The summed E-state index contributed by atoms with van der Waals surface area (Å²) in [7, 11) is 3.53. The fraction of sp³-hybridized carbons (Fsp3) is 0.318. The van der Waals surface area contributed by atoms with Crippen molar-refractivity contribution >= 4 is 35.6 Å². The Morgan fingerprint density at radius 1 is 1.13 bits per heavy atom. The van der Waals surface area contributed by atoms with E-state index in [1.807, 2.05) is 31.3 Å². The van der Waals surface area contributed by atoms with Gasteiger partial charge in [0.05, 0.1) is 7.11 Å². The maximum absolute atomic E-state index is 5.25. The third kappa shape index (κ3) is 5.66. The van der Waals surface area contributed by atoms with Gasteiger partial charge < -0.3 is 19.9 Å². The van der Waals surface area contributed by atoms with Crippen LogP contribution < -0.4 is 15.0 Å². The van der Waals surface area contributed by atoms with Gasteiger partial charge in [0, 0.05) is 51.0 Å². The van der Waals surface area contributed by atoms with Crippen molar-refractivity contribution in [1.82, 2.24) is 25.4 Å². The topological polar surface area (TPSA) is 81.7 Å². The van der Waals surface area contributed by atoms with Crippen LogP contribution in [0.5, 0.6) is 5.75 Å². The van der Waals surface area contributed by atoms with Crippen LogP contribution in [-0.2, 0) is 6.54 Å². The van der Waals surface area contributed by atoms with E-state index in [1.54, 1.807) is 7.11 Å². The van der Waals surface area contributed by atoms with E-state index in [0.717, 1.165) is 49.3 Å². The lowest BCUT2D eigenvalue weighted by atomic mass is 10.1. The molecule has 8 nitrogen and oxygen atoms in total. The Morgan fingerprint density at radius 3 is 2.55 bits per heavy atom. The summed E-state index contributed by atoms with van der Waals surface area (Å²) in [5.74, 6) is 2.58. The molecule has 2 heterocycles. The molecule has 2 aromatic carbocycles. The fourth-order valence-electron chi connectivity index (χ4n) is 3.66.